The van der Waals surface area contributed by atoms with E-state index in [1.165, 1.54) is 0 Å². The molecule has 0 spiro atoms. The molecule has 2 rings (SSSR count). The predicted molar refractivity (Wildman–Crippen MR) is 69.5 cm³/mol. The van der Waals surface area contributed by atoms with Crippen molar-refractivity contribution in [2.45, 2.75) is 0 Å². The van der Waals surface area contributed by atoms with E-state index in [4.69, 9.17) is 5.63 Å². The van der Waals surface area contributed by atoms with Crippen LogP contribution in [0.1, 0.15) is 0 Å². The third kappa shape index (κ3) is 7.15. The Hall–Kier alpha value is 0.463. The summed E-state index contributed by atoms with van der Waals surface area (Å²) in [6, 6.07) is 15.5. The zero-order valence-corrected chi connectivity index (χ0v) is 16.6. The largest absolute Gasteiger partial charge is 1.00 e. The van der Waals surface area contributed by atoms with Crippen LogP contribution in [0.4, 0.5) is 0 Å². The minimum atomic E-state index is -1.32. The Bertz CT molecular complexity index is 435. The molecular formula is C12H8Br2Cl2O2Zr. The van der Waals surface area contributed by atoms with E-state index in [0.29, 0.717) is 0 Å². The molecule has 0 unspecified atom stereocenters. The molecule has 2 aromatic rings. The van der Waals surface area contributed by atoms with Crippen molar-refractivity contribution in [1.29, 1.82) is 0 Å². The summed E-state index contributed by atoms with van der Waals surface area (Å²) in [7, 11) is 0. The molecular weight excluding hydrogens is 498 g/mol. The van der Waals surface area contributed by atoms with E-state index in [-0.39, 0.29) is 24.8 Å². The van der Waals surface area contributed by atoms with Gasteiger partial charge in [-0.15, -0.1) is 0 Å². The van der Waals surface area contributed by atoms with Gasteiger partial charge in [-0.3, -0.25) is 0 Å². The third-order valence-corrected chi connectivity index (χ3v) is 4.57. The minimum absolute atomic E-state index is 0. The van der Waals surface area contributed by atoms with Crippen LogP contribution >= 0.6 is 31.9 Å². The standard InChI is InChI=1S/2C6H5BrO.2ClH.Zr/c2*7-5-1-3-6(8)4-2-5;;;/h2*1-4,8H;2*1H;/q;;;;+4/p-4. The van der Waals surface area contributed by atoms with Gasteiger partial charge in [-0.25, -0.2) is 0 Å². The first-order valence-corrected chi connectivity index (χ1v) is 8.43. The van der Waals surface area contributed by atoms with E-state index in [1.54, 1.807) is 0 Å². The van der Waals surface area contributed by atoms with Crippen molar-refractivity contribution in [1.82, 2.24) is 0 Å². The van der Waals surface area contributed by atoms with E-state index in [9.17, 15) is 0 Å². The minimum Gasteiger partial charge on any atom is -1.00 e. The van der Waals surface area contributed by atoms with Crippen molar-refractivity contribution in [2.24, 2.45) is 0 Å². The van der Waals surface area contributed by atoms with Crippen molar-refractivity contribution in [3.63, 3.8) is 0 Å². The van der Waals surface area contributed by atoms with E-state index in [2.05, 4.69) is 31.9 Å². The Morgan fingerprint density at radius 1 is 0.632 bits per heavy atom. The number of hydrogen-bond donors (Lipinski definition) is 0. The third-order valence-electron chi connectivity index (χ3n) is 1.95. The molecule has 0 atom stereocenters. The Balaban J connectivity index is 0.00000162. The van der Waals surface area contributed by atoms with Gasteiger partial charge in [0.2, 0.25) is 0 Å². The summed E-state index contributed by atoms with van der Waals surface area (Å²) < 4.78 is 13.3. The van der Waals surface area contributed by atoms with Crippen molar-refractivity contribution < 1.29 is 54.6 Å². The fraction of sp³-hybridized carbons (Fsp3) is 0. The second kappa shape index (κ2) is 10.2. The molecule has 0 fully saturated rings. The fourth-order valence-electron chi connectivity index (χ4n) is 1.12. The molecule has 0 heterocycles. The molecule has 0 radical (unpaired) electrons. The first-order valence-electron chi connectivity index (χ1n) is 4.84. The molecule has 7 heteroatoms. The molecule has 0 aromatic heterocycles. The van der Waals surface area contributed by atoms with Gasteiger partial charge in [-0.2, -0.15) is 0 Å². The maximum atomic E-state index is 5.61. The molecule has 100 valence electrons. The van der Waals surface area contributed by atoms with Gasteiger partial charge < -0.3 is 24.8 Å². The Morgan fingerprint density at radius 3 is 1.26 bits per heavy atom. The average Bonchev–Trinajstić information content (AvgIpc) is 2.34. The van der Waals surface area contributed by atoms with Crippen LogP contribution in [0.5, 0.6) is 11.5 Å². The van der Waals surface area contributed by atoms with Gasteiger partial charge >= 0.3 is 131 Å². The van der Waals surface area contributed by atoms with Crippen LogP contribution in [0, 0.1) is 0 Å². The maximum Gasteiger partial charge on any atom is -1.00 e. The second-order valence-corrected chi connectivity index (χ2v) is 6.44. The zero-order chi connectivity index (χ0) is 12.1. The van der Waals surface area contributed by atoms with Crippen molar-refractivity contribution in [3.8, 4) is 11.5 Å². The predicted octanol–water partition coefficient (Wildman–Crippen LogP) is -1.41. The molecule has 0 aliphatic rings. The van der Waals surface area contributed by atoms with E-state index >= 15 is 0 Å². The molecule has 0 saturated heterocycles. The quantitative estimate of drug-likeness (QED) is 0.508. The summed E-state index contributed by atoms with van der Waals surface area (Å²) in [4.78, 5) is 0. The smallest absolute Gasteiger partial charge is 1.00 e. The number of benzene rings is 2. The van der Waals surface area contributed by atoms with Gasteiger partial charge in [-0.05, 0) is 0 Å². The first kappa shape index (κ1) is 19.5. The van der Waals surface area contributed by atoms with Crippen LogP contribution in [-0.2, 0) is 24.1 Å². The SMILES string of the molecule is Brc1ccc([O][Zr+2][O]c2ccc(Br)cc2)cc1.[Cl-].[Cl-]. The molecule has 0 N–H and O–H groups in total. The van der Waals surface area contributed by atoms with Gasteiger partial charge in [-0.1, -0.05) is 0 Å². The van der Waals surface area contributed by atoms with Crippen molar-refractivity contribution in [2.75, 3.05) is 0 Å². The van der Waals surface area contributed by atoms with Crippen LogP contribution in [0.15, 0.2) is 57.5 Å². The van der Waals surface area contributed by atoms with Crippen molar-refractivity contribution >= 4 is 31.9 Å². The van der Waals surface area contributed by atoms with Gasteiger partial charge in [0, 0.05) is 0 Å². The normalized spacial score (nSPS) is 8.53. The Labute approximate surface area is 154 Å². The Kier molecular flexibility index (Phi) is 10.5. The van der Waals surface area contributed by atoms with E-state index in [1.807, 2.05) is 48.5 Å². The number of hydrogen-bond acceptors (Lipinski definition) is 2. The van der Waals surface area contributed by atoms with Crippen LogP contribution in [0.25, 0.3) is 0 Å². The summed E-state index contributed by atoms with van der Waals surface area (Å²) in [5.41, 5.74) is 0. The van der Waals surface area contributed by atoms with Crippen LogP contribution in [0.3, 0.4) is 0 Å². The van der Waals surface area contributed by atoms with Crippen LogP contribution in [0.2, 0.25) is 0 Å². The summed E-state index contributed by atoms with van der Waals surface area (Å²) in [5.74, 6) is 1.72. The molecule has 0 saturated carbocycles. The molecule has 2 nitrogen and oxygen atoms in total. The van der Waals surface area contributed by atoms with Gasteiger partial charge in [0.15, 0.2) is 0 Å². The molecule has 0 aliphatic heterocycles. The zero-order valence-electron chi connectivity index (χ0n) is 9.45. The molecule has 0 bridgehead atoms. The Morgan fingerprint density at radius 2 is 0.947 bits per heavy atom. The summed E-state index contributed by atoms with van der Waals surface area (Å²) in [6.07, 6.45) is 0. The maximum absolute atomic E-state index is 5.61. The monoisotopic (exact) mass is 502 g/mol. The summed E-state index contributed by atoms with van der Waals surface area (Å²) in [6.45, 7) is 0. The molecule has 2 aromatic carbocycles. The second-order valence-electron chi connectivity index (χ2n) is 3.20. The number of halogens is 4. The van der Waals surface area contributed by atoms with Gasteiger partial charge in [0.1, 0.15) is 0 Å². The van der Waals surface area contributed by atoms with E-state index in [0.717, 1.165) is 20.4 Å². The van der Waals surface area contributed by atoms with Crippen molar-refractivity contribution in [3.05, 3.63) is 57.5 Å². The van der Waals surface area contributed by atoms with Crippen LogP contribution < -0.4 is 30.4 Å². The summed E-state index contributed by atoms with van der Waals surface area (Å²) in [5, 5.41) is 0. The van der Waals surface area contributed by atoms with Crippen LogP contribution in [-0.4, -0.2) is 0 Å². The fourth-order valence-corrected chi connectivity index (χ4v) is 2.90. The summed E-state index contributed by atoms with van der Waals surface area (Å²) >= 11 is 5.44. The first-order chi connectivity index (χ1) is 8.24. The van der Waals surface area contributed by atoms with E-state index < -0.39 is 24.1 Å². The number of rotatable bonds is 4. The van der Waals surface area contributed by atoms with Gasteiger partial charge in [0.25, 0.3) is 0 Å². The van der Waals surface area contributed by atoms with Gasteiger partial charge in [0.05, 0.1) is 0 Å². The average molecular weight is 506 g/mol. The topological polar surface area (TPSA) is 18.5 Å². The molecule has 0 amide bonds. The molecule has 0 aliphatic carbocycles. The molecule has 19 heavy (non-hydrogen) atoms.